The van der Waals surface area contributed by atoms with E-state index < -0.39 is 5.91 Å². The maximum atomic E-state index is 12.9. The highest BCUT2D eigenvalue weighted by Crippen LogP contribution is 2.40. The summed E-state index contributed by atoms with van der Waals surface area (Å²) in [4.78, 5) is 27.3. The Morgan fingerprint density at radius 3 is 2.73 bits per heavy atom. The fraction of sp³-hybridized carbons (Fsp3) is 0.407. The van der Waals surface area contributed by atoms with Gasteiger partial charge in [-0.25, -0.2) is 0 Å². The lowest BCUT2D eigenvalue weighted by Crippen LogP contribution is -2.37. The number of Topliss-reactive ketones (excluding diaryl/α,β-unsaturated/α-hetero) is 1. The van der Waals surface area contributed by atoms with Gasteiger partial charge in [0, 0.05) is 59.8 Å². The van der Waals surface area contributed by atoms with Crippen LogP contribution in [0, 0.1) is 6.07 Å². The molecule has 171 valence electrons. The minimum atomic E-state index is -0.401. The number of primary amides is 1. The number of rotatable bonds is 5. The van der Waals surface area contributed by atoms with Crippen LogP contribution in [0.5, 0.6) is 5.75 Å². The van der Waals surface area contributed by atoms with E-state index in [4.69, 9.17) is 10.5 Å². The summed E-state index contributed by atoms with van der Waals surface area (Å²) in [6.45, 7) is 3.98. The van der Waals surface area contributed by atoms with Crippen molar-refractivity contribution in [2.45, 2.75) is 51.1 Å². The number of carbonyl (C=O) groups excluding carboxylic acids is 2. The summed E-state index contributed by atoms with van der Waals surface area (Å²) >= 11 is 0. The van der Waals surface area contributed by atoms with Crippen LogP contribution in [0.25, 0.3) is 10.9 Å². The molecule has 1 saturated heterocycles. The highest BCUT2D eigenvalue weighted by atomic mass is 16.5. The molecule has 1 radical (unpaired) electrons. The number of carbonyl (C=O) groups is 2. The predicted octanol–water partition coefficient (Wildman–Crippen LogP) is 4.47. The number of ether oxygens (including phenoxy) is 1. The zero-order chi connectivity index (χ0) is 23.1. The lowest BCUT2D eigenvalue weighted by molar-refractivity contribution is 0.0961. The van der Waals surface area contributed by atoms with Crippen molar-refractivity contribution >= 4 is 22.6 Å². The Morgan fingerprint density at radius 1 is 1.21 bits per heavy atom. The molecule has 2 aromatic carbocycles. The number of benzene rings is 2. The third-order valence-electron chi connectivity index (χ3n) is 7.44. The summed E-state index contributed by atoms with van der Waals surface area (Å²) in [7, 11) is 1.68. The molecule has 1 amide bonds. The summed E-state index contributed by atoms with van der Waals surface area (Å²) in [5, 5.41) is 0.885. The average molecular weight is 445 g/mol. The topological polar surface area (TPSA) is 77.6 Å². The van der Waals surface area contributed by atoms with E-state index in [2.05, 4.69) is 28.5 Å². The second-order valence-electron chi connectivity index (χ2n) is 9.19. The fourth-order valence-corrected chi connectivity index (χ4v) is 5.71. The van der Waals surface area contributed by atoms with Gasteiger partial charge < -0.3 is 15.0 Å². The summed E-state index contributed by atoms with van der Waals surface area (Å²) < 4.78 is 7.90. The molecule has 1 aliphatic heterocycles. The molecule has 1 fully saturated rings. The van der Waals surface area contributed by atoms with Crippen LogP contribution in [0.3, 0.4) is 0 Å². The molecule has 2 heterocycles. The Kier molecular flexibility index (Phi) is 5.71. The van der Waals surface area contributed by atoms with Crippen molar-refractivity contribution in [3.8, 4) is 5.75 Å². The van der Waals surface area contributed by atoms with Crippen molar-refractivity contribution in [2.24, 2.45) is 5.73 Å². The smallest absolute Gasteiger partial charge is 0.250 e. The Hall–Kier alpha value is -3.12. The standard InChI is InChI=1S/C27H30N3O3/c1-17(25-24(33-2)11-10-18-6-5-9-23(31)26(18)25)29-14-12-19(13-15-29)30-16-21(27(28)32)20-7-3-4-8-22(20)30/h3,7-8,10-11,16-17,19H,5-6,9,12-15H2,1-2H3,(H2,28,32). The van der Waals surface area contributed by atoms with Gasteiger partial charge >= 0.3 is 0 Å². The number of nitrogens with zero attached hydrogens (tertiary/aromatic N) is 2. The van der Waals surface area contributed by atoms with Gasteiger partial charge in [0.05, 0.1) is 12.7 Å². The molecular formula is C27H30N3O3. The number of amides is 1. The van der Waals surface area contributed by atoms with Crippen molar-refractivity contribution < 1.29 is 14.3 Å². The Morgan fingerprint density at radius 2 is 2.00 bits per heavy atom. The largest absolute Gasteiger partial charge is 0.496 e. The van der Waals surface area contributed by atoms with Gasteiger partial charge in [-0.1, -0.05) is 18.2 Å². The highest BCUT2D eigenvalue weighted by molar-refractivity contribution is 6.06. The third kappa shape index (κ3) is 3.72. The minimum Gasteiger partial charge on any atom is -0.496 e. The van der Waals surface area contributed by atoms with E-state index in [1.807, 2.05) is 30.5 Å². The molecule has 5 rings (SSSR count). The van der Waals surface area contributed by atoms with E-state index in [1.54, 1.807) is 7.11 Å². The molecule has 2 N–H and O–H groups in total. The van der Waals surface area contributed by atoms with Gasteiger partial charge in [-0.05, 0) is 56.4 Å². The number of nitrogens with two attached hydrogens (primary N) is 1. The van der Waals surface area contributed by atoms with Crippen LogP contribution in [0.15, 0.2) is 36.5 Å². The highest BCUT2D eigenvalue weighted by Gasteiger charge is 2.32. The molecule has 0 bridgehead atoms. The van der Waals surface area contributed by atoms with Crippen molar-refractivity contribution in [3.05, 3.63) is 64.8 Å². The molecule has 2 aliphatic rings. The summed E-state index contributed by atoms with van der Waals surface area (Å²) in [6, 6.07) is 13.2. The number of hydrogen-bond acceptors (Lipinski definition) is 4. The van der Waals surface area contributed by atoms with Crippen LogP contribution in [0.2, 0.25) is 0 Å². The van der Waals surface area contributed by atoms with Crippen LogP contribution in [0.4, 0.5) is 0 Å². The average Bonchev–Trinajstić information content (AvgIpc) is 3.23. The zero-order valence-electron chi connectivity index (χ0n) is 19.3. The third-order valence-corrected chi connectivity index (χ3v) is 7.44. The number of methoxy groups -OCH3 is 1. The van der Waals surface area contributed by atoms with E-state index in [0.29, 0.717) is 12.0 Å². The lowest BCUT2D eigenvalue weighted by atomic mass is 9.84. The quantitative estimate of drug-likeness (QED) is 0.630. The van der Waals surface area contributed by atoms with E-state index in [1.165, 1.54) is 0 Å². The number of aryl methyl sites for hydroxylation is 1. The van der Waals surface area contributed by atoms with Gasteiger partial charge in [0.25, 0.3) is 5.91 Å². The first-order chi connectivity index (χ1) is 16.0. The van der Waals surface area contributed by atoms with Gasteiger partial charge in [-0.15, -0.1) is 0 Å². The van der Waals surface area contributed by atoms with Crippen LogP contribution in [-0.4, -0.2) is 41.4 Å². The summed E-state index contributed by atoms with van der Waals surface area (Å²) in [5.74, 6) is 0.638. The zero-order valence-corrected chi connectivity index (χ0v) is 19.3. The maximum Gasteiger partial charge on any atom is 0.250 e. The number of ketones is 1. The predicted molar refractivity (Wildman–Crippen MR) is 128 cm³/mol. The molecule has 1 unspecified atom stereocenters. The first-order valence-corrected chi connectivity index (χ1v) is 11.8. The van der Waals surface area contributed by atoms with Crippen molar-refractivity contribution in [1.82, 2.24) is 9.47 Å². The molecule has 33 heavy (non-hydrogen) atoms. The fourth-order valence-electron chi connectivity index (χ4n) is 5.71. The number of piperidine rings is 1. The maximum absolute atomic E-state index is 12.9. The first kappa shape index (κ1) is 21.7. The normalized spacial score (nSPS) is 18.3. The number of hydrogen-bond donors (Lipinski definition) is 1. The molecule has 0 spiro atoms. The molecular weight excluding hydrogens is 414 g/mol. The first-order valence-electron chi connectivity index (χ1n) is 11.8. The number of aromatic nitrogens is 1. The van der Waals surface area contributed by atoms with Crippen LogP contribution in [-0.2, 0) is 6.42 Å². The van der Waals surface area contributed by atoms with Gasteiger partial charge in [0.2, 0.25) is 0 Å². The van der Waals surface area contributed by atoms with Crippen LogP contribution >= 0.6 is 0 Å². The van der Waals surface area contributed by atoms with Crippen molar-refractivity contribution in [2.75, 3.05) is 20.2 Å². The van der Waals surface area contributed by atoms with E-state index >= 15 is 0 Å². The molecule has 3 aromatic rings. The Balaban J connectivity index is 1.40. The molecule has 0 saturated carbocycles. The second-order valence-corrected chi connectivity index (χ2v) is 9.19. The van der Waals surface area contributed by atoms with Crippen LogP contribution < -0.4 is 10.5 Å². The molecule has 6 heteroatoms. The summed E-state index contributed by atoms with van der Waals surface area (Å²) in [6.07, 6.45) is 6.29. The van der Waals surface area contributed by atoms with Gasteiger partial charge in [-0.3, -0.25) is 14.5 Å². The monoisotopic (exact) mass is 444 g/mol. The number of likely N-dealkylation sites (tertiary alicyclic amines) is 1. The SMILES string of the molecule is COc1ccc2c(c1C(C)N1CCC(n3cc(C(N)=O)c4cc[c]cc43)CC1)C(=O)CCC2. The Bertz CT molecular complexity index is 1220. The van der Waals surface area contributed by atoms with Crippen LogP contribution in [0.1, 0.15) is 76.5 Å². The molecule has 1 aromatic heterocycles. The molecule has 6 nitrogen and oxygen atoms in total. The van der Waals surface area contributed by atoms with Gasteiger partial charge in [0.1, 0.15) is 5.75 Å². The van der Waals surface area contributed by atoms with Gasteiger partial charge in [0.15, 0.2) is 5.78 Å². The second kappa shape index (κ2) is 8.67. The van der Waals surface area contributed by atoms with Gasteiger partial charge in [-0.2, -0.15) is 0 Å². The van der Waals surface area contributed by atoms with Crippen molar-refractivity contribution in [1.29, 1.82) is 0 Å². The lowest BCUT2D eigenvalue weighted by Gasteiger charge is -2.38. The molecule has 1 atom stereocenters. The minimum absolute atomic E-state index is 0.0915. The number of fused-ring (bicyclic) bond motifs is 2. The van der Waals surface area contributed by atoms with E-state index in [9.17, 15) is 9.59 Å². The Labute approximate surface area is 194 Å². The summed E-state index contributed by atoms with van der Waals surface area (Å²) in [5.41, 5.74) is 10.3. The molecule has 1 aliphatic carbocycles. The van der Waals surface area contributed by atoms with E-state index in [-0.39, 0.29) is 17.9 Å². The van der Waals surface area contributed by atoms with E-state index in [0.717, 1.165) is 72.1 Å². The van der Waals surface area contributed by atoms with Crippen molar-refractivity contribution in [3.63, 3.8) is 0 Å².